The first-order valence-corrected chi connectivity index (χ1v) is 9.76. The quantitative estimate of drug-likeness (QED) is 0.460. The fourth-order valence-electron chi connectivity index (χ4n) is 2.92. The Morgan fingerprint density at radius 3 is 2.36 bits per heavy atom. The predicted molar refractivity (Wildman–Crippen MR) is 109 cm³/mol. The van der Waals surface area contributed by atoms with Crippen LogP contribution in [0.2, 0.25) is 11.8 Å². The molecule has 2 aliphatic rings. The van der Waals surface area contributed by atoms with Crippen molar-refractivity contribution in [3.8, 4) is 11.5 Å². The molecule has 2 amide bonds. The van der Waals surface area contributed by atoms with Gasteiger partial charge in [0.15, 0.2) is 7.28 Å². The summed E-state index contributed by atoms with van der Waals surface area (Å²) in [6, 6.07) is 6.64. The number of aromatic nitrogens is 1. The molecule has 4 rings (SSSR count). The summed E-state index contributed by atoms with van der Waals surface area (Å²) in [5, 5.41) is 0.392. The molecule has 0 saturated heterocycles. The molecular formula is C20H20BClN3O3. The van der Waals surface area contributed by atoms with E-state index in [2.05, 4.69) is 4.98 Å². The van der Waals surface area contributed by atoms with E-state index in [1.165, 1.54) is 4.90 Å². The molecule has 0 spiro atoms. The lowest BCUT2D eigenvalue weighted by Crippen LogP contribution is -2.40. The number of benzene rings is 1. The van der Waals surface area contributed by atoms with Gasteiger partial charge in [0, 0.05) is 30.2 Å². The monoisotopic (exact) mass is 396 g/mol. The summed E-state index contributed by atoms with van der Waals surface area (Å²) in [5.74, 6) is 0.803. The van der Waals surface area contributed by atoms with Crippen LogP contribution in [0.5, 0.6) is 11.5 Å². The van der Waals surface area contributed by atoms with Crippen molar-refractivity contribution in [2.45, 2.75) is 32.5 Å². The van der Waals surface area contributed by atoms with E-state index in [9.17, 15) is 9.59 Å². The third kappa shape index (κ3) is 3.85. The molecule has 2 aromatic rings. The van der Waals surface area contributed by atoms with E-state index < -0.39 is 0 Å². The van der Waals surface area contributed by atoms with Gasteiger partial charge in [-0.25, -0.2) is 9.88 Å². The zero-order chi connectivity index (χ0) is 19.8. The highest BCUT2D eigenvalue weighted by molar-refractivity contribution is 6.53. The third-order valence-corrected chi connectivity index (χ3v) is 5.24. The number of hydrogen-bond acceptors (Lipinski definition) is 5. The van der Waals surface area contributed by atoms with Crippen molar-refractivity contribution in [1.29, 1.82) is 0 Å². The van der Waals surface area contributed by atoms with Crippen molar-refractivity contribution >= 4 is 47.7 Å². The van der Waals surface area contributed by atoms with Crippen LogP contribution in [0.15, 0.2) is 30.5 Å². The number of nitrogen functional groups attached to an aromatic ring is 1. The first kappa shape index (κ1) is 18.8. The fourth-order valence-corrected chi connectivity index (χ4v) is 3.09. The molecule has 2 aliphatic carbocycles. The number of nitrogens with zero attached hydrogens (tertiary/aromatic N) is 2. The van der Waals surface area contributed by atoms with Crippen LogP contribution in [0.4, 0.5) is 11.5 Å². The van der Waals surface area contributed by atoms with E-state index in [-0.39, 0.29) is 23.7 Å². The van der Waals surface area contributed by atoms with Gasteiger partial charge in [0.25, 0.3) is 0 Å². The molecule has 1 radical (unpaired) electrons. The molecule has 2 saturated carbocycles. The smallest absolute Gasteiger partial charge is 0.238 e. The highest BCUT2D eigenvalue weighted by Crippen LogP contribution is 2.38. The Morgan fingerprint density at radius 2 is 1.82 bits per heavy atom. The molecule has 1 aromatic heterocycles. The third-order valence-electron chi connectivity index (χ3n) is 4.91. The van der Waals surface area contributed by atoms with E-state index in [1.54, 1.807) is 30.5 Å². The van der Waals surface area contributed by atoms with Gasteiger partial charge in [-0.15, -0.1) is 0 Å². The summed E-state index contributed by atoms with van der Waals surface area (Å²) < 4.78 is 5.98. The lowest BCUT2D eigenvalue weighted by molar-refractivity contribution is -0.127. The van der Waals surface area contributed by atoms with Gasteiger partial charge in [0.2, 0.25) is 11.8 Å². The molecule has 0 aliphatic heterocycles. The van der Waals surface area contributed by atoms with Crippen molar-refractivity contribution in [3.05, 3.63) is 35.5 Å². The van der Waals surface area contributed by atoms with E-state index in [1.807, 2.05) is 14.1 Å². The highest BCUT2D eigenvalue weighted by atomic mass is 35.5. The average molecular weight is 397 g/mol. The average Bonchev–Trinajstić information content (AvgIpc) is 3.57. The summed E-state index contributed by atoms with van der Waals surface area (Å²) in [4.78, 5) is 31.2. The molecule has 28 heavy (non-hydrogen) atoms. The molecule has 0 atom stereocenters. The van der Waals surface area contributed by atoms with Gasteiger partial charge in [0.05, 0.1) is 10.7 Å². The summed E-state index contributed by atoms with van der Waals surface area (Å²) in [5.41, 5.74) is 6.96. The molecule has 143 valence electrons. The number of imide groups is 1. The number of anilines is 2. The van der Waals surface area contributed by atoms with Crippen LogP contribution < -0.4 is 20.8 Å². The Morgan fingerprint density at radius 1 is 1.18 bits per heavy atom. The Hall–Kier alpha value is -2.54. The van der Waals surface area contributed by atoms with Gasteiger partial charge in [-0.1, -0.05) is 18.4 Å². The maximum atomic E-state index is 12.8. The zero-order valence-corrected chi connectivity index (χ0v) is 16.3. The van der Waals surface area contributed by atoms with Crippen molar-refractivity contribution in [1.82, 2.24) is 4.98 Å². The van der Waals surface area contributed by atoms with Gasteiger partial charge < -0.3 is 10.5 Å². The molecule has 8 heteroatoms. The topological polar surface area (TPSA) is 85.5 Å². The van der Waals surface area contributed by atoms with Crippen molar-refractivity contribution in [2.24, 2.45) is 11.8 Å². The lowest BCUT2D eigenvalue weighted by atomic mass is 9.74. The van der Waals surface area contributed by atoms with Crippen LogP contribution in [-0.4, -0.2) is 24.1 Å². The number of nitrogens with two attached hydrogens (primary N) is 1. The molecule has 1 aromatic carbocycles. The highest BCUT2D eigenvalue weighted by Gasteiger charge is 2.42. The maximum Gasteiger partial charge on any atom is 0.238 e. The number of rotatable bonds is 6. The summed E-state index contributed by atoms with van der Waals surface area (Å²) in [7, 11) is 1.85. The summed E-state index contributed by atoms with van der Waals surface area (Å²) in [6.45, 7) is 1.86. The molecule has 6 nitrogen and oxygen atoms in total. The Kier molecular flexibility index (Phi) is 5.02. The van der Waals surface area contributed by atoms with Gasteiger partial charge in [-0.2, -0.15) is 0 Å². The SMILES string of the molecule is C[B]c1cnc(N(C(=O)C2CC2)C(=O)C2CC2)cc1Oc1ccc(N)c(Cl)c1. The number of hydrogen-bond donors (Lipinski definition) is 1. The van der Waals surface area contributed by atoms with Crippen LogP contribution in [0, 0.1) is 11.8 Å². The van der Waals surface area contributed by atoms with E-state index in [0.717, 1.165) is 31.1 Å². The van der Waals surface area contributed by atoms with Crippen LogP contribution in [0.1, 0.15) is 25.7 Å². The van der Waals surface area contributed by atoms with Crippen LogP contribution in [0.3, 0.4) is 0 Å². The molecule has 0 unspecified atom stereocenters. The largest absolute Gasteiger partial charge is 0.458 e. The second-order valence-corrected chi connectivity index (χ2v) is 7.62. The Bertz CT molecular complexity index is 920. The molecule has 2 N–H and O–H groups in total. The minimum absolute atomic E-state index is 0.0813. The second kappa shape index (κ2) is 7.47. The van der Waals surface area contributed by atoms with Gasteiger partial charge >= 0.3 is 0 Å². The number of ether oxygens (including phenoxy) is 1. The normalized spacial score (nSPS) is 15.8. The number of halogens is 1. The first-order valence-electron chi connectivity index (χ1n) is 9.38. The van der Waals surface area contributed by atoms with Crippen molar-refractivity contribution in [3.63, 3.8) is 0 Å². The number of carbonyl (C=O) groups is 2. The predicted octanol–water partition coefficient (Wildman–Crippen LogP) is 3.17. The molecule has 0 bridgehead atoms. The Labute approximate surface area is 169 Å². The van der Waals surface area contributed by atoms with Gasteiger partial charge in [-0.05, 0) is 43.3 Å². The van der Waals surface area contributed by atoms with Gasteiger partial charge in [0.1, 0.15) is 17.3 Å². The second-order valence-electron chi connectivity index (χ2n) is 7.21. The van der Waals surface area contributed by atoms with E-state index in [4.69, 9.17) is 22.1 Å². The van der Waals surface area contributed by atoms with E-state index in [0.29, 0.717) is 28.0 Å². The standard InChI is InChI=1S/C20H20BClN3O3/c1-21-14-10-24-18(9-17(14)28-13-6-7-16(23)15(22)8-13)25(19(26)11-2-3-11)20(27)12-4-5-12/h6-12H,2-5,23H2,1H3. The van der Waals surface area contributed by atoms with Crippen LogP contribution in [-0.2, 0) is 9.59 Å². The lowest BCUT2D eigenvalue weighted by Gasteiger charge is -2.21. The zero-order valence-electron chi connectivity index (χ0n) is 15.5. The number of amides is 2. The fraction of sp³-hybridized carbons (Fsp3) is 0.350. The maximum absolute atomic E-state index is 12.8. The van der Waals surface area contributed by atoms with Crippen molar-refractivity contribution < 1.29 is 14.3 Å². The molecular weight excluding hydrogens is 377 g/mol. The molecule has 2 fully saturated rings. The number of pyridine rings is 1. The minimum Gasteiger partial charge on any atom is -0.458 e. The van der Waals surface area contributed by atoms with Gasteiger partial charge in [-0.3, -0.25) is 9.59 Å². The summed E-state index contributed by atoms with van der Waals surface area (Å²) in [6.07, 6.45) is 4.89. The van der Waals surface area contributed by atoms with Crippen LogP contribution in [0.25, 0.3) is 0 Å². The van der Waals surface area contributed by atoms with Crippen LogP contribution >= 0.6 is 11.6 Å². The Balaban J connectivity index is 1.68. The summed E-state index contributed by atoms with van der Waals surface area (Å²) >= 11 is 6.08. The van der Waals surface area contributed by atoms with Crippen molar-refractivity contribution in [2.75, 3.05) is 10.6 Å². The first-order chi connectivity index (χ1) is 13.5. The van der Waals surface area contributed by atoms with E-state index >= 15 is 0 Å². The minimum atomic E-state index is -0.167. The number of carbonyl (C=O) groups excluding carboxylic acids is 2. The molecule has 1 heterocycles.